The van der Waals surface area contributed by atoms with Gasteiger partial charge in [-0.1, -0.05) is 25.5 Å². The topological polar surface area (TPSA) is 81.8 Å². The molecule has 30 heavy (non-hydrogen) atoms. The van der Waals surface area contributed by atoms with Crippen LogP contribution < -0.4 is 10.6 Å². The molecule has 1 unspecified atom stereocenters. The largest absolute Gasteiger partial charge is 0.322 e. The maximum absolute atomic E-state index is 13.1. The highest BCUT2D eigenvalue weighted by atomic mass is 16.2. The van der Waals surface area contributed by atoms with E-state index in [4.69, 9.17) is 0 Å². The van der Waals surface area contributed by atoms with Gasteiger partial charge in [0.25, 0.3) is 5.91 Å². The van der Waals surface area contributed by atoms with Gasteiger partial charge in [-0.25, -0.2) is 0 Å². The molecule has 160 valence electrons. The zero-order chi connectivity index (χ0) is 20.9. The highest BCUT2D eigenvalue weighted by molar-refractivity contribution is 6.05. The molecule has 2 saturated heterocycles. The fourth-order valence-corrected chi connectivity index (χ4v) is 5.92. The number of imide groups is 1. The van der Waals surface area contributed by atoms with E-state index in [0.717, 1.165) is 37.3 Å². The molecule has 7 heteroatoms. The minimum Gasteiger partial charge on any atom is -0.322 e. The van der Waals surface area contributed by atoms with Crippen LogP contribution >= 0.6 is 0 Å². The van der Waals surface area contributed by atoms with Crippen LogP contribution in [0, 0.1) is 5.41 Å². The third-order valence-corrected chi connectivity index (χ3v) is 7.55. The van der Waals surface area contributed by atoms with E-state index >= 15 is 0 Å². The molecule has 1 aliphatic carbocycles. The predicted molar refractivity (Wildman–Crippen MR) is 112 cm³/mol. The average Bonchev–Trinajstić information content (AvgIpc) is 3.20. The molecule has 3 atom stereocenters. The normalized spacial score (nSPS) is 32.0. The van der Waals surface area contributed by atoms with Gasteiger partial charge in [0.2, 0.25) is 11.8 Å². The molecule has 0 spiro atoms. The molecule has 2 N–H and O–H groups in total. The van der Waals surface area contributed by atoms with Crippen molar-refractivity contribution in [1.82, 2.24) is 20.4 Å². The van der Waals surface area contributed by atoms with Crippen molar-refractivity contribution in [2.24, 2.45) is 5.41 Å². The van der Waals surface area contributed by atoms with E-state index in [9.17, 15) is 14.4 Å². The van der Waals surface area contributed by atoms with Crippen molar-refractivity contribution >= 4 is 17.7 Å². The Morgan fingerprint density at radius 2 is 2.07 bits per heavy atom. The first-order valence-electron chi connectivity index (χ1n) is 11.2. The molecule has 1 aromatic rings. The summed E-state index contributed by atoms with van der Waals surface area (Å²) in [5.74, 6) is -0.705. The average molecular weight is 411 g/mol. The summed E-state index contributed by atoms with van der Waals surface area (Å²) in [4.78, 5) is 41.0. The van der Waals surface area contributed by atoms with Crippen LogP contribution in [0.25, 0.3) is 0 Å². The molecule has 3 amide bonds. The van der Waals surface area contributed by atoms with E-state index in [-0.39, 0.29) is 24.1 Å². The van der Waals surface area contributed by atoms with Crippen LogP contribution in [0.5, 0.6) is 0 Å². The number of hydrogen-bond donors (Lipinski definition) is 2. The summed E-state index contributed by atoms with van der Waals surface area (Å²) in [5.41, 5.74) is 3.16. The number of benzene rings is 1. The maximum Gasteiger partial charge on any atom is 0.255 e. The zero-order valence-corrected chi connectivity index (χ0v) is 17.6. The molecule has 0 aromatic heterocycles. The number of carbonyl (C=O) groups excluding carboxylic acids is 3. The number of hydrogen-bond acceptors (Lipinski definition) is 5. The van der Waals surface area contributed by atoms with Crippen LogP contribution in [0.1, 0.15) is 60.5 Å². The molecule has 0 radical (unpaired) electrons. The first-order valence-corrected chi connectivity index (χ1v) is 11.2. The van der Waals surface area contributed by atoms with Gasteiger partial charge in [0.1, 0.15) is 6.04 Å². The highest BCUT2D eigenvalue weighted by Crippen LogP contribution is 2.42. The van der Waals surface area contributed by atoms with Crippen LogP contribution in [0.2, 0.25) is 0 Å². The van der Waals surface area contributed by atoms with Crippen molar-refractivity contribution in [3.05, 3.63) is 34.9 Å². The van der Waals surface area contributed by atoms with E-state index in [1.54, 1.807) is 4.90 Å². The number of carbonyl (C=O) groups is 3. The summed E-state index contributed by atoms with van der Waals surface area (Å²) in [5, 5.41) is 5.97. The summed E-state index contributed by atoms with van der Waals surface area (Å²) in [6.45, 7) is 6.79. The van der Waals surface area contributed by atoms with Crippen LogP contribution in [0.15, 0.2) is 18.2 Å². The third-order valence-electron chi connectivity index (χ3n) is 7.55. The number of nitrogens with zero attached hydrogens (tertiary/aromatic N) is 2. The summed E-state index contributed by atoms with van der Waals surface area (Å²) >= 11 is 0. The van der Waals surface area contributed by atoms with Gasteiger partial charge in [0.15, 0.2) is 0 Å². The number of piperidine rings is 1. The van der Waals surface area contributed by atoms with E-state index in [2.05, 4.69) is 28.5 Å². The summed E-state index contributed by atoms with van der Waals surface area (Å²) < 4.78 is 0. The van der Waals surface area contributed by atoms with Gasteiger partial charge in [-0.05, 0) is 41.9 Å². The SMILES string of the molecule is C[C@@]12CCC[C@H]1N(Cc1ccc3c(c1)C(=O)N(C1CCC(=O)NC1=O)C3)CCNC2. The highest BCUT2D eigenvalue weighted by Gasteiger charge is 2.43. The zero-order valence-electron chi connectivity index (χ0n) is 17.6. The molecule has 4 aliphatic rings. The Hall–Kier alpha value is -2.25. The molecule has 1 saturated carbocycles. The van der Waals surface area contributed by atoms with Gasteiger partial charge < -0.3 is 10.2 Å². The number of amides is 3. The van der Waals surface area contributed by atoms with E-state index in [1.807, 2.05) is 12.1 Å². The molecule has 0 bridgehead atoms. The molecular weight excluding hydrogens is 380 g/mol. The standard InChI is InChI=1S/C23H30N4O3/c1-23-8-2-3-19(23)26(10-9-24-14-23)12-15-4-5-16-13-27(22(30)17(16)11-15)18-6-7-20(28)25-21(18)29/h4-5,11,18-19,24H,2-3,6-10,12-14H2,1H3,(H,25,28,29)/t18?,19-,23+/m1/s1. The molecule has 1 aromatic carbocycles. The quantitative estimate of drug-likeness (QED) is 0.737. The first kappa shape index (κ1) is 19.7. The minimum absolute atomic E-state index is 0.0930. The first-order chi connectivity index (χ1) is 14.4. The Kier molecular flexibility index (Phi) is 4.90. The van der Waals surface area contributed by atoms with Crippen LogP contribution in [0.3, 0.4) is 0 Å². The summed E-state index contributed by atoms with van der Waals surface area (Å²) in [6.07, 6.45) is 4.47. The molecule has 5 rings (SSSR count). The van der Waals surface area contributed by atoms with Gasteiger partial charge in [-0.15, -0.1) is 0 Å². The second kappa shape index (κ2) is 7.46. The number of nitrogens with one attached hydrogen (secondary N) is 2. The summed E-state index contributed by atoms with van der Waals surface area (Å²) in [6, 6.07) is 6.22. The Bertz CT molecular complexity index is 900. The van der Waals surface area contributed by atoms with Crippen molar-refractivity contribution in [1.29, 1.82) is 0 Å². The Balaban J connectivity index is 1.34. The van der Waals surface area contributed by atoms with Crippen LogP contribution in [-0.4, -0.2) is 59.2 Å². The van der Waals surface area contributed by atoms with E-state index in [1.165, 1.54) is 19.3 Å². The molecule has 3 heterocycles. The molecule has 3 fully saturated rings. The lowest BCUT2D eigenvalue weighted by atomic mass is 9.84. The predicted octanol–water partition coefficient (Wildman–Crippen LogP) is 1.41. The summed E-state index contributed by atoms with van der Waals surface area (Å²) in [7, 11) is 0. The smallest absolute Gasteiger partial charge is 0.255 e. The lowest BCUT2D eigenvalue weighted by Gasteiger charge is -2.37. The minimum atomic E-state index is -0.554. The van der Waals surface area contributed by atoms with Gasteiger partial charge >= 0.3 is 0 Å². The van der Waals surface area contributed by atoms with Crippen LogP contribution in [0.4, 0.5) is 0 Å². The Morgan fingerprint density at radius 3 is 2.90 bits per heavy atom. The van der Waals surface area contributed by atoms with Crippen molar-refractivity contribution < 1.29 is 14.4 Å². The Morgan fingerprint density at radius 1 is 1.20 bits per heavy atom. The van der Waals surface area contributed by atoms with E-state index < -0.39 is 6.04 Å². The second-order valence-electron chi connectivity index (χ2n) is 9.60. The van der Waals surface area contributed by atoms with Crippen LogP contribution in [-0.2, 0) is 22.7 Å². The molecular formula is C23H30N4O3. The van der Waals surface area contributed by atoms with Crippen molar-refractivity contribution in [3.8, 4) is 0 Å². The van der Waals surface area contributed by atoms with Gasteiger partial charge in [-0.3, -0.25) is 24.6 Å². The lowest BCUT2D eigenvalue weighted by molar-refractivity contribution is -0.136. The molecule has 3 aliphatic heterocycles. The fourth-order valence-electron chi connectivity index (χ4n) is 5.92. The van der Waals surface area contributed by atoms with Gasteiger partial charge in [0.05, 0.1) is 0 Å². The van der Waals surface area contributed by atoms with Crippen molar-refractivity contribution in [2.75, 3.05) is 19.6 Å². The molecule has 7 nitrogen and oxygen atoms in total. The van der Waals surface area contributed by atoms with Gasteiger partial charge in [0, 0.05) is 50.7 Å². The van der Waals surface area contributed by atoms with E-state index in [0.29, 0.717) is 30.0 Å². The third kappa shape index (κ3) is 3.34. The van der Waals surface area contributed by atoms with Crippen molar-refractivity contribution in [3.63, 3.8) is 0 Å². The maximum atomic E-state index is 13.1. The Labute approximate surface area is 177 Å². The monoisotopic (exact) mass is 410 g/mol. The number of rotatable bonds is 3. The fraction of sp³-hybridized carbons (Fsp3) is 0.609. The van der Waals surface area contributed by atoms with Gasteiger partial charge in [-0.2, -0.15) is 0 Å². The lowest BCUT2D eigenvalue weighted by Crippen LogP contribution is -2.52. The second-order valence-corrected chi connectivity index (χ2v) is 9.60. The number of fused-ring (bicyclic) bond motifs is 2. The van der Waals surface area contributed by atoms with Crippen molar-refractivity contribution in [2.45, 2.75) is 64.2 Å².